The third-order valence-corrected chi connectivity index (χ3v) is 5.93. The van der Waals surface area contributed by atoms with Gasteiger partial charge in [-0.3, -0.25) is 9.59 Å². The smallest absolute Gasteiger partial charge is 0.408 e. The maximum absolute atomic E-state index is 13.5. The van der Waals surface area contributed by atoms with E-state index in [0.29, 0.717) is 45.0 Å². The number of amides is 3. The van der Waals surface area contributed by atoms with Crippen LogP contribution in [0.15, 0.2) is 42.9 Å². The maximum Gasteiger partial charge on any atom is 0.408 e. The summed E-state index contributed by atoms with van der Waals surface area (Å²) in [4.78, 5) is 49.4. The van der Waals surface area contributed by atoms with Gasteiger partial charge in [-0.15, -0.1) is 0 Å². The molecular weight excluding hydrogens is 426 g/mol. The van der Waals surface area contributed by atoms with Crippen LogP contribution >= 0.6 is 0 Å². The normalized spacial score (nSPS) is 19.2. The van der Waals surface area contributed by atoms with E-state index in [1.165, 1.54) is 6.33 Å². The van der Waals surface area contributed by atoms with E-state index in [4.69, 9.17) is 9.47 Å². The second-order valence-electron chi connectivity index (χ2n) is 8.17. The number of rotatable bonds is 7. The van der Waals surface area contributed by atoms with Gasteiger partial charge in [0.25, 0.3) is 0 Å². The first kappa shape index (κ1) is 22.8. The lowest BCUT2D eigenvalue weighted by atomic mass is 10.1. The Morgan fingerprint density at radius 1 is 1.18 bits per heavy atom. The highest BCUT2D eigenvalue weighted by molar-refractivity contribution is 5.92. The fourth-order valence-electron chi connectivity index (χ4n) is 4.21. The van der Waals surface area contributed by atoms with E-state index in [2.05, 4.69) is 15.3 Å². The van der Waals surface area contributed by atoms with Crippen molar-refractivity contribution in [1.29, 1.82) is 0 Å². The van der Waals surface area contributed by atoms with Crippen LogP contribution in [0.3, 0.4) is 0 Å². The second kappa shape index (κ2) is 11.0. The number of nitrogens with zero attached hydrogens (tertiary/aromatic N) is 3. The van der Waals surface area contributed by atoms with E-state index in [-0.39, 0.29) is 24.8 Å². The van der Waals surface area contributed by atoms with Gasteiger partial charge in [-0.1, -0.05) is 30.3 Å². The molecule has 0 aliphatic carbocycles. The highest BCUT2D eigenvalue weighted by Crippen LogP contribution is 2.22. The predicted octanol–water partition coefficient (Wildman–Crippen LogP) is 1.10. The molecule has 0 saturated carbocycles. The van der Waals surface area contributed by atoms with Gasteiger partial charge in [-0.25, -0.2) is 9.78 Å². The van der Waals surface area contributed by atoms with Crippen LogP contribution in [0.4, 0.5) is 4.79 Å². The monoisotopic (exact) mass is 455 g/mol. The SMILES string of the molecule is O=C(N[C@@H](Cc1cnc[nH]1)C(=O)N1CCC[C@H]1C(=O)N1CCOCC1)OCc1ccccc1. The van der Waals surface area contributed by atoms with E-state index in [1.54, 1.807) is 16.0 Å². The summed E-state index contributed by atoms with van der Waals surface area (Å²) in [6, 6.07) is 7.90. The van der Waals surface area contributed by atoms with E-state index >= 15 is 0 Å². The molecule has 176 valence electrons. The van der Waals surface area contributed by atoms with Crippen LogP contribution in [0.25, 0.3) is 0 Å². The minimum Gasteiger partial charge on any atom is -0.445 e. The molecule has 2 fully saturated rings. The zero-order valence-electron chi connectivity index (χ0n) is 18.4. The highest BCUT2D eigenvalue weighted by atomic mass is 16.5. The highest BCUT2D eigenvalue weighted by Gasteiger charge is 2.40. The molecule has 2 atom stereocenters. The predicted molar refractivity (Wildman–Crippen MR) is 118 cm³/mol. The molecule has 1 aromatic heterocycles. The van der Waals surface area contributed by atoms with E-state index in [0.717, 1.165) is 12.0 Å². The Bertz CT molecular complexity index is 930. The van der Waals surface area contributed by atoms with Crippen molar-refractivity contribution in [3.05, 3.63) is 54.1 Å². The minimum absolute atomic E-state index is 0.0592. The molecule has 0 unspecified atom stereocenters. The number of aromatic amines is 1. The molecule has 0 spiro atoms. The lowest BCUT2D eigenvalue weighted by Gasteiger charge is -2.34. The van der Waals surface area contributed by atoms with Crippen LogP contribution in [0.2, 0.25) is 0 Å². The molecule has 2 aliphatic rings. The largest absolute Gasteiger partial charge is 0.445 e. The van der Waals surface area contributed by atoms with Gasteiger partial charge in [-0.2, -0.15) is 0 Å². The molecule has 33 heavy (non-hydrogen) atoms. The van der Waals surface area contributed by atoms with Crippen molar-refractivity contribution in [2.24, 2.45) is 0 Å². The minimum atomic E-state index is -0.883. The number of alkyl carbamates (subject to hydrolysis) is 1. The number of carbonyl (C=O) groups is 3. The molecule has 2 aromatic rings. The van der Waals surface area contributed by atoms with E-state index in [9.17, 15) is 14.4 Å². The standard InChI is InChI=1S/C23H29N5O5/c29-21(28-8-4-7-20(28)22(30)27-9-11-32-12-10-27)19(13-18-14-24-16-25-18)26-23(31)33-15-17-5-2-1-3-6-17/h1-3,5-6,14,16,19-20H,4,7-13,15H2,(H,24,25)(H,26,31)/t19-,20-/m0/s1. The average Bonchev–Trinajstić information content (AvgIpc) is 3.55. The lowest BCUT2D eigenvalue weighted by Crippen LogP contribution is -2.56. The second-order valence-corrected chi connectivity index (χ2v) is 8.17. The van der Waals surface area contributed by atoms with Crippen molar-refractivity contribution < 1.29 is 23.9 Å². The summed E-state index contributed by atoms with van der Waals surface area (Å²) in [5, 5.41) is 2.70. The number of hydrogen-bond acceptors (Lipinski definition) is 6. The number of morpholine rings is 1. The quantitative estimate of drug-likeness (QED) is 0.646. The zero-order chi connectivity index (χ0) is 23.0. The molecule has 10 heteroatoms. The van der Waals surface area contributed by atoms with Crippen LogP contribution in [0.1, 0.15) is 24.1 Å². The average molecular weight is 456 g/mol. The molecule has 0 radical (unpaired) electrons. The lowest BCUT2D eigenvalue weighted by molar-refractivity contribution is -0.147. The summed E-state index contributed by atoms with van der Waals surface area (Å²) in [6.45, 7) is 2.63. The first-order chi connectivity index (χ1) is 16.1. The summed E-state index contributed by atoms with van der Waals surface area (Å²) >= 11 is 0. The van der Waals surface area contributed by atoms with Crippen LogP contribution < -0.4 is 5.32 Å². The van der Waals surface area contributed by atoms with Crippen molar-refractivity contribution in [2.45, 2.75) is 38.0 Å². The van der Waals surface area contributed by atoms with Crippen molar-refractivity contribution in [3.63, 3.8) is 0 Å². The number of imidazole rings is 1. The number of H-pyrrole nitrogens is 1. The van der Waals surface area contributed by atoms with Gasteiger partial charge in [-0.05, 0) is 18.4 Å². The summed E-state index contributed by atoms with van der Waals surface area (Å²) in [6.07, 6.45) is 4.00. The Morgan fingerprint density at radius 3 is 2.70 bits per heavy atom. The zero-order valence-corrected chi connectivity index (χ0v) is 18.4. The number of likely N-dealkylation sites (tertiary alicyclic amines) is 1. The molecule has 2 aliphatic heterocycles. The molecule has 3 heterocycles. The van der Waals surface area contributed by atoms with Gasteiger partial charge in [0.1, 0.15) is 18.7 Å². The van der Waals surface area contributed by atoms with E-state index < -0.39 is 18.2 Å². The Hall–Kier alpha value is -3.40. The molecule has 3 amide bonds. The number of ether oxygens (including phenoxy) is 2. The van der Waals surface area contributed by atoms with Gasteiger partial charge in [0, 0.05) is 37.9 Å². The molecule has 1 aromatic carbocycles. The van der Waals surface area contributed by atoms with Crippen molar-refractivity contribution in [1.82, 2.24) is 25.1 Å². The molecule has 2 saturated heterocycles. The Balaban J connectivity index is 1.43. The molecule has 2 N–H and O–H groups in total. The fraction of sp³-hybridized carbons (Fsp3) is 0.478. The van der Waals surface area contributed by atoms with Gasteiger partial charge in [0.2, 0.25) is 11.8 Å². The van der Waals surface area contributed by atoms with Crippen LogP contribution in [0, 0.1) is 0 Å². The summed E-state index contributed by atoms with van der Waals surface area (Å²) in [5.41, 5.74) is 1.55. The van der Waals surface area contributed by atoms with Gasteiger partial charge >= 0.3 is 6.09 Å². The van der Waals surface area contributed by atoms with Gasteiger partial charge in [0.05, 0.1) is 19.5 Å². The summed E-state index contributed by atoms with van der Waals surface area (Å²) in [7, 11) is 0. The maximum atomic E-state index is 13.5. The third kappa shape index (κ3) is 5.89. The van der Waals surface area contributed by atoms with Gasteiger partial charge < -0.3 is 29.6 Å². The first-order valence-corrected chi connectivity index (χ1v) is 11.2. The van der Waals surface area contributed by atoms with Crippen LogP contribution in [-0.4, -0.2) is 82.6 Å². The number of aromatic nitrogens is 2. The summed E-state index contributed by atoms with van der Waals surface area (Å²) in [5.74, 6) is -0.360. The Kier molecular flexibility index (Phi) is 7.56. The number of hydrogen-bond donors (Lipinski definition) is 2. The summed E-state index contributed by atoms with van der Waals surface area (Å²) < 4.78 is 10.7. The number of nitrogens with one attached hydrogen (secondary N) is 2. The molecule has 0 bridgehead atoms. The van der Waals surface area contributed by atoms with E-state index in [1.807, 2.05) is 30.3 Å². The van der Waals surface area contributed by atoms with Crippen LogP contribution in [-0.2, 0) is 32.1 Å². The third-order valence-electron chi connectivity index (χ3n) is 5.93. The molecular formula is C23H29N5O5. The van der Waals surface area contributed by atoms with Crippen molar-refractivity contribution in [3.8, 4) is 0 Å². The Labute approximate surface area is 192 Å². The number of carbonyl (C=O) groups excluding carboxylic acids is 3. The van der Waals surface area contributed by atoms with Crippen LogP contribution in [0.5, 0.6) is 0 Å². The topological polar surface area (TPSA) is 117 Å². The van der Waals surface area contributed by atoms with Crippen molar-refractivity contribution >= 4 is 17.9 Å². The molecule has 4 rings (SSSR count). The van der Waals surface area contributed by atoms with Crippen molar-refractivity contribution in [2.75, 3.05) is 32.8 Å². The Morgan fingerprint density at radius 2 is 1.97 bits per heavy atom. The first-order valence-electron chi connectivity index (χ1n) is 11.2. The fourth-order valence-corrected chi connectivity index (χ4v) is 4.21. The van der Waals surface area contributed by atoms with Gasteiger partial charge in [0.15, 0.2) is 0 Å². The number of benzene rings is 1. The molecule has 10 nitrogen and oxygen atoms in total.